The minimum absolute atomic E-state index is 0.562. The van der Waals surface area contributed by atoms with Crippen LogP contribution in [0.2, 0.25) is 0 Å². The number of carbonyl (C=O) groups is 1. The fourth-order valence-corrected chi connectivity index (χ4v) is 1.58. The normalized spacial score (nSPS) is 22.3. The van der Waals surface area contributed by atoms with Gasteiger partial charge in [-0.25, -0.2) is 4.79 Å². The quantitative estimate of drug-likeness (QED) is 0.772. The maximum Gasteiger partial charge on any atom is 0.503 e. The molecule has 0 aromatic rings. The molecule has 3 nitrogen and oxygen atoms in total. The van der Waals surface area contributed by atoms with Crippen LogP contribution in [0, 0.1) is 11.3 Å². The Hall–Kier alpha value is -0.0300. The zero-order valence-electron chi connectivity index (χ0n) is 7.42. The molecule has 0 aromatic heterocycles. The Kier molecular flexibility index (Phi) is 4.99. The first-order valence-electron chi connectivity index (χ1n) is 3.70. The zero-order chi connectivity index (χ0) is 10.6. The molecule has 1 aliphatic rings. The van der Waals surface area contributed by atoms with E-state index < -0.39 is 6.16 Å². The van der Waals surface area contributed by atoms with E-state index in [1.807, 2.05) is 0 Å². The van der Waals surface area contributed by atoms with Crippen LogP contribution in [-0.4, -0.2) is 16.4 Å². The Morgan fingerprint density at radius 3 is 1.85 bits per heavy atom. The van der Waals surface area contributed by atoms with E-state index in [0.717, 1.165) is 9.31 Å². The molecule has 1 atom stereocenters. The highest BCUT2D eigenvalue weighted by Crippen LogP contribution is 2.53. The Morgan fingerprint density at radius 1 is 1.46 bits per heavy atom. The molecule has 0 amide bonds. The minimum atomic E-state index is -1.83. The van der Waals surface area contributed by atoms with Gasteiger partial charge in [-0.15, -0.1) is 0 Å². The minimum Gasteiger partial charge on any atom is -0.450 e. The summed E-state index contributed by atoms with van der Waals surface area (Å²) in [5.74, 6) is 0.784. The monoisotopic (exact) mass is 314 g/mol. The molecule has 1 rings (SSSR count). The molecule has 0 spiro atoms. The number of carboxylic acid groups (broad SMARTS) is 2. The van der Waals surface area contributed by atoms with E-state index in [-0.39, 0.29) is 0 Å². The van der Waals surface area contributed by atoms with Crippen molar-refractivity contribution in [2.24, 2.45) is 11.3 Å². The fourth-order valence-electron chi connectivity index (χ4n) is 0.944. The van der Waals surface area contributed by atoms with Crippen LogP contribution in [0.4, 0.5) is 4.79 Å². The summed E-state index contributed by atoms with van der Waals surface area (Å²) in [7, 11) is 0. The number of hydrogen-bond donors (Lipinski definition) is 2. The molecular weight excluding hydrogens is 304 g/mol. The van der Waals surface area contributed by atoms with E-state index in [4.69, 9.17) is 15.0 Å². The maximum atomic E-state index is 8.56. The SMILES string of the molecule is CC1(C)CC1C=C(Br)Br.O=C(O)O. The van der Waals surface area contributed by atoms with Crippen molar-refractivity contribution in [2.75, 3.05) is 0 Å². The van der Waals surface area contributed by atoms with Crippen molar-refractivity contribution in [1.29, 1.82) is 0 Å². The number of rotatable bonds is 1. The third kappa shape index (κ3) is 7.07. The highest BCUT2D eigenvalue weighted by molar-refractivity contribution is 9.28. The fraction of sp³-hybridized carbons (Fsp3) is 0.625. The predicted octanol–water partition coefficient (Wildman–Crippen LogP) is 3.89. The molecule has 0 aromatic carbocycles. The second kappa shape index (κ2) is 5.00. The number of allylic oxidation sites excluding steroid dienone is 1. The standard InChI is InChI=1S/C7H10Br2.CH2O3/c1-7(2)4-5(7)3-6(8)9;2-1(3)4/h3,5H,4H2,1-2H3;(H2,2,3,4). The van der Waals surface area contributed by atoms with E-state index in [0.29, 0.717) is 5.41 Å². The van der Waals surface area contributed by atoms with Crippen LogP contribution in [-0.2, 0) is 0 Å². The van der Waals surface area contributed by atoms with E-state index in [1.54, 1.807) is 0 Å². The second-order valence-corrected chi connectivity index (χ2v) is 6.31. The van der Waals surface area contributed by atoms with Gasteiger partial charge in [-0.05, 0) is 49.6 Å². The van der Waals surface area contributed by atoms with Crippen molar-refractivity contribution in [1.82, 2.24) is 0 Å². The average molecular weight is 316 g/mol. The molecule has 76 valence electrons. The van der Waals surface area contributed by atoms with Gasteiger partial charge in [-0.1, -0.05) is 19.9 Å². The molecule has 1 unspecified atom stereocenters. The smallest absolute Gasteiger partial charge is 0.450 e. The van der Waals surface area contributed by atoms with Crippen LogP contribution in [0.3, 0.4) is 0 Å². The van der Waals surface area contributed by atoms with Gasteiger partial charge >= 0.3 is 6.16 Å². The van der Waals surface area contributed by atoms with Crippen molar-refractivity contribution in [2.45, 2.75) is 20.3 Å². The van der Waals surface area contributed by atoms with Crippen molar-refractivity contribution >= 4 is 38.0 Å². The highest BCUT2D eigenvalue weighted by atomic mass is 79.9. The summed E-state index contributed by atoms with van der Waals surface area (Å²) >= 11 is 6.69. The molecule has 0 bridgehead atoms. The molecule has 1 saturated carbocycles. The molecule has 0 heterocycles. The van der Waals surface area contributed by atoms with Crippen LogP contribution < -0.4 is 0 Å². The second-order valence-electron chi connectivity index (χ2n) is 3.54. The maximum absolute atomic E-state index is 8.56. The van der Waals surface area contributed by atoms with Gasteiger partial charge < -0.3 is 10.2 Å². The van der Waals surface area contributed by atoms with E-state index in [2.05, 4.69) is 51.8 Å². The lowest BCUT2D eigenvalue weighted by atomic mass is 10.1. The topological polar surface area (TPSA) is 57.5 Å². The lowest BCUT2D eigenvalue weighted by Crippen LogP contribution is -1.85. The summed E-state index contributed by atoms with van der Waals surface area (Å²) < 4.78 is 1.09. The van der Waals surface area contributed by atoms with Crippen LogP contribution in [0.25, 0.3) is 0 Å². The molecular formula is C8H12Br2O3. The van der Waals surface area contributed by atoms with Gasteiger partial charge in [0.2, 0.25) is 0 Å². The van der Waals surface area contributed by atoms with Gasteiger partial charge in [0.15, 0.2) is 0 Å². The third-order valence-electron chi connectivity index (χ3n) is 1.92. The molecule has 0 aliphatic heterocycles. The molecule has 2 N–H and O–H groups in total. The van der Waals surface area contributed by atoms with E-state index in [1.165, 1.54) is 6.42 Å². The number of halogens is 2. The summed E-state index contributed by atoms with van der Waals surface area (Å²) in [6, 6.07) is 0. The van der Waals surface area contributed by atoms with E-state index >= 15 is 0 Å². The van der Waals surface area contributed by atoms with Crippen molar-refractivity contribution in [3.05, 3.63) is 9.47 Å². The summed E-state index contributed by atoms with van der Waals surface area (Å²) in [5, 5.41) is 13.9. The Labute approximate surface area is 94.1 Å². The Balaban J connectivity index is 0.000000310. The summed E-state index contributed by atoms with van der Waals surface area (Å²) in [6.07, 6.45) is 1.72. The van der Waals surface area contributed by atoms with Gasteiger partial charge in [0.1, 0.15) is 0 Å². The zero-order valence-corrected chi connectivity index (χ0v) is 10.6. The van der Waals surface area contributed by atoms with Gasteiger partial charge in [-0.3, -0.25) is 0 Å². The summed E-state index contributed by atoms with van der Waals surface area (Å²) in [4.78, 5) is 8.56. The predicted molar refractivity (Wildman–Crippen MR) is 58.5 cm³/mol. The first-order chi connectivity index (χ1) is 5.75. The molecule has 13 heavy (non-hydrogen) atoms. The van der Waals surface area contributed by atoms with Crippen molar-refractivity contribution in [3.8, 4) is 0 Å². The Bertz CT molecular complexity index is 215. The van der Waals surface area contributed by atoms with Crippen molar-refractivity contribution < 1.29 is 15.0 Å². The number of hydrogen-bond acceptors (Lipinski definition) is 1. The molecule has 1 fully saturated rings. The third-order valence-corrected chi connectivity index (χ3v) is 2.45. The average Bonchev–Trinajstić information content (AvgIpc) is 2.34. The van der Waals surface area contributed by atoms with Crippen LogP contribution in [0.5, 0.6) is 0 Å². The molecule has 0 radical (unpaired) electrons. The van der Waals surface area contributed by atoms with Gasteiger partial charge in [-0.2, -0.15) is 0 Å². The lowest BCUT2D eigenvalue weighted by molar-refractivity contribution is 0.137. The van der Waals surface area contributed by atoms with Crippen molar-refractivity contribution in [3.63, 3.8) is 0 Å². The van der Waals surface area contributed by atoms with Crippen LogP contribution in [0.15, 0.2) is 9.47 Å². The van der Waals surface area contributed by atoms with Gasteiger partial charge in [0.05, 0.1) is 3.39 Å². The summed E-state index contributed by atoms with van der Waals surface area (Å²) in [5.41, 5.74) is 0.562. The highest BCUT2D eigenvalue weighted by Gasteiger charge is 2.43. The van der Waals surface area contributed by atoms with Gasteiger partial charge in [0, 0.05) is 0 Å². The van der Waals surface area contributed by atoms with Crippen LogP contribution >= 0.6 is 31.9 Å². The molecule has 1 aliphatic carbocycles. The lowest BCUT2D eigenvalue weighted by Gasteiger charge is -1.95. The summed E-state index contributed by atoms with van der Waals surface area (Å²) in [6.45, 7) is 4.58. The largest absolute Gasteiger partial charge is 0.503 e. The Morgan fingerprint density at radius 2 is 1.77 bits per heavy atom. The first kappa shape index (κ1) is 13.0. The molecule has 0 saturated heterocycles. The molecule has 5 heteroatoms. The van der Waals surface area contributed by atoms with E-state index in [9.17, 15) is 0 Å². The van der Waals surface area contributed by atoms with Gasteiger partial charge in [0.25, 0.3) is 0 Å². The van der Waals surface area contributed by atoms with Crippen LogP contribution in [0.1, 0.15) is 20.3 Å². The first-order valence-corrected chi connectivity index (χ1v) is 5.29.